The molecule has 1 atom stereocenters. The van der Waals surface area contributed by atoms with Crippen LogP contribution in [0, 0.1) is 11.3 Å². The Morgan fingerprint density at radius 3 is 2.82 bits per heavy atom. The Hall–Kier alpha value is -1.93. The van der Waals surface area contributed by atoms with Crippen LogP contribution in [-0.2, 0) is 6.42 Å². The van der Waals surface area contributed by atoms with Gasteiger partial charge in [0.25, 0.3) is 0 Å². The van der Waals surface area contributed by atoms with Crippen LogP contribution >= 0.6 is 0 Å². The summed E-state index contributed by atoms with van der Waals surface area (Å²) in [6.07, 6.45) is 0.163. The highest BCUT2D eigenvalue weighted by Crippen LogP contribution is 2.38. The maximum Gasteiger partial charge on any atom is 0.231 e. The maximum atomic E-state index is 8.75. The van der Waals surface area contributed by atoms with Gasteiger partial charge in [0.15, 0.2) is 17.6 Å². The Morgan fingerprint density at radius 1 is 1.47 bits per heavy atom. The molecule has 0 saturated carbocycles. The molecule has 0 fully saturated rings. The van der Waals surface area contributed by atoms with E-state index in [-0.39, 0.29) is 6.79 Å². The number of hydrogen-bond acceptors (Lipinski definition) is 5. The van der Waals surface area contributed by atoms with E-state index in [2.05, 4.69) is 0 Å². The molecule has 0 aromatic heterocycles. The molecule has 1 unspecified atom stereocenters. The van der Waals surface area contributed by atoms with Crippen LogP contribution < -0.4 is 19.9 Å². The van der Waals surface area contributed by atoms with Gasteiger partial charge in [-0.25, -0.2) is 0 Å². The minimum absolute atomic E-state index is 0.217. The molecule has 5 heteroatoms. The van der Waals surface area contributed by atoms with Gasteiger partial charge in [-0.05, 0) is 31.5 Å². The van der Waals surface area contributed by atoms with Gasteiger partial charge in [0.05, 0.1) is 0 Å². The van der Waals surface area contributed by atoms with Crippen LogP contribution in [-0.4, -0.2) is 19.4 Å². The molecule has 2 N–H and O–H groups in total. The molecule has 0 amide bonds. The summed E-state index contributed by atoms with van der Waals surface area (Å²) in [5.74, 6) is 1.98. The average Bonchev–Trinajstić information content (AvgIpc) is 2.76. The first-order chi connectivity index (χ1) is 8.24. The Morgan fingerprint density at radius 2 is 2.18 bits per heavy atom. The first-order valence-corrected chi connectivity index (χ1v) is 5.43. The van der Waals surface area contributed by atoms with Gasteiger partial charge in [0, 0.05) is 6.07 Å². The van der Waals surface area contributed by atoms with Crippen molar-refractivity contribution in [2.45, 2.75) is 19.4 Å². The normalized spacial score (nSPS) is 14.2. The van der Waals surface area contributed by atoms with E-state index in [0.717, 1.165) is 5.56 Å². The molecule has 0 aliphatic carbocycles. The Labute approximate surface area is 99.7 Å². The topological polar surface area (TPSA) is 77.5 Å². The van der Waals surface area contributed by atoms with Gasteiger partial charge in [-0.1, -0.05) is 0 Å². The van der Waals surface area contributed by atoms with E-state index in [9.17, 15) is 0 Å². The van der Waals surface area contributed by atoms with Crippen molar-refractivity contribution in [1.29, 1.82) is 5.26 Å². The lowest BCUT2D eigenvalue weighted by atomic mass is 10.1. The van der Waals surface area contributed by atoms with E-state index < -0.39 is 6.10 Å². The number of hydrogen-bond donors (Lipinski definition) is 1. The van der Waals surface area contributed by atoms with E-state index in [1.54, 1.807) is 13.0 Å². The molecular formula is C12H14N2O3. The first-order valence-electron chi connectivity index (χ1n) is 5.43. The number of benzene rings is 1. The number of nitrogens with two attached hydrogens (primary N) is 1. The smallest absolute Gasteiger partial charge is 0.231 e. The number of ether oxygens (including phenoxy) is 3. The highest BCUT2D eigenvalue weighted by Gasteiger charge is 2.18. The van der Waals surface area contributed by atoms with Crippen LogP contribution in [0.5, 0.6) is 17.2 Å². The third-order valence-electron chi connectivity index (χ3n) is 2.45. The first kappa shape index (κ1) is 11.6. The van der Waals surface area contributed by atoms with Crippen LogP contribution in [0.25, 0.3) is 0 Å². The van der Waals surface area contributed by atoms with Gasteiger partial charge in [-0.2, -0.15) is 5.26 Å². The van der Waals surface area contributed by atoms with Crippen molar-refractivity contribution in [2.75, 3.05) is 13.3 Å². The van der Waals surface area contributed by atoms with E-state index in [4.69, 9.17) is 25.2 Å². The zero-order chi connectivity index (χ0) is 12.3. The molecule has 1 aromatic carbocycles. The summed E-state index contributed by atoms with van der Waals surface area (Å²) in [6, 6.07) is 5.63. The maximum absolute atomic E-state index is 8.75. The van der Waals surface area contributed by atoms with Crippen LogP contribution in [0.3, 0.4) is 0 Å². The molecule has 90 valence electrons. The average molecular weight is 234 g/mol. The van der Waals surface area contributed by atoms with Crippen molar-refractivity contribution < 1.29 is 14.2 Å². The van der Waals surface area contributed by atoms with Gasteiger partial charge in [0.2, 0.25) is 6.79 Å². The fraction of sp³-hybridized carbons (Fsp3) is 0.417. The summed E-state index contributed by atoms with van der Waals surface area (Å²) in [5.41, 5.74) is 6.47. The third kappa shape index (κ3) is 2.43. The van der Waals surface area contributed by atoms with Gasteiger partial charge >= 0.3 is 0 Å². The van der Waals surface area contributed by atoms with Crippen molar-refractivity contribution in [2.24, 2.45) is 5.73 Å². The van der Waals surface area contributed by atoms with Crippen LogP contribution in [0.1, 0.15) is 12.5 Å². The number of nitrogens with zero attached hydrogens (tertiary/aromatic N) is 1. The molecular weight excluding hydrogens is 220 g/mol. The molecule has 0 spiro atoms. The summed E-state index contributed by atoms with van der Waals surface area (Å²) >= 11 is 0. The second-order valence-electron chi connectivity index (χ2n) is 3.74. The van der Waals surface area contributed by atoms with Crippen molar-refractivity contribution >= 4 is 0 Å². The fourth-order valence-electron chi connectivity index (χ4n) is 1.64. The zero-order valence-corrected chi connectivity index (χ0v) is 9.60. The molecule has 2 rings (SSSR count). The van der Waals surface area contributed by atoms with E-state index in [0.29, 0.717) is 30.2 Å². The molecule has 0 bridgehead atoms. The highest BCUT2D eigenvalue weighted by molar-refractivity contribution is 5.52. The van der Waals surface area contributed by atoms with Crippen LogP contribution in [0.15, 0.2) is 12.1 Å². The monoisotopic (exact) mass is 234 g/mol. The molecule has 0 saturated heterocycles. The largest absolute Gasteiger partial charge is 0.475 e. The molecule has 0 radical (unpaired) electrons. The van der Waals surface area contributed by atoms with E-state index >= 15 is 0 Å². The minimum atomic E-state index is -0.508. The van der Waals surface area contributed by atoms with Crippen molar-refractivity contribution in [3.8, 4) is 23.3 Å². The van der Waals surface area contributed by atoms with Crippen molar-refractivity contribution in [1.82, 2.24) is 0 Å². The molecule has 17 heavy (non-hydrogen) atoms. The SMILES string of the molecule is CC(C#N)Oc1cc2c(cc1CCN)OCO2. The highest BCUT2D eigenvalue weighted by atomic mass is 16.7. The van der Waals surface area contributed by atoms with Gasteiger partial charge in [0.1, 0.15) is 11.8 Å². The lowest BCUT2D eigenvalue weighted by Crippen LogP contribution is -2.11. The quantitative estimate of drug-likeness (QED) is 0.847. The van der Waals surface area contributed by atoms with E-state index in [1.807, 2.05) is 12.1 Å². The predicted octanol–water partition coefficient (Wildman–Crippen LogP) is 1.21. The minimum Gasteiger partial charge on any atom is -0.475 e. The predicted molar refractivity (Wildman–Crippen MR) is 61.0 cm³/mol. The summed E-state index contributed by atoms with van der Waals surface area (Å²) in [4.78, 5) is 0. The molecule has 5 nitrogen and oxygen atoms in total. The summed E-state index contributed by atoms with van der Waals surface area (Å²) in [5, 5.41) is 8.75. The third-order valence-corrected chi connectivity index (χ3v) is 2.45. The number of fused-ring (bicyclic) bond motifs is 1. The van der Waals surface area contributed by atoms with Gasteiger partial charge in [-0.3, -0.25) is 0 Å². The zero-order valence-electron chi connectivity index (χ0n) is 9.60. The summed E-state index contributed by atoms with van der Waals surface area (Å²) in [6.45, 7) is 2.42. The molecule has 1 aromatic rings. The van der Waals surface area contributed by atoms with Crippen LogP contribution in [0.2, 0.25) is 0 Å². The number of nitriles is 1. The number of rotatable bonds is 4. The summed E-state index contributed by atoms with van der Waals surface area (Å²) < 4.78 is 16.1. The second kappa shape index (κ2) is 4.93. The Kier molecular flexibility index (Phi) is 3.35. The lowest BCUT2D eigenvalue weighted by molar-refractivity contribution is 0.173. The van der Waals surface area contributed by atoms with Crippen molar-refractivity contribution in [3.05, 3.63) is 17.7 Å². The Balaban J connectivity index is 2.31. The molecule has 1 aliphatic heterocycles. The molecule has 1 heterocycles. The van der Waals surface area contributed by atoms with Gasteiger partial charge in [-0.15, -0.1) is 0 Å². The fourth-order valence-corrected chi connectivity index (χ4v) is 1.64. The van der Waals surface area contributed by atoms with Crippen LogP contribution in [0.4, 0.5) is 0 Å². The standard InChI is InChI=1S/C12H14N2O3/c1-8(6-14)17-10-5-12-11(15-7-16-12)4-9(10)2-3-13/h4-5,8H,2-3,7,13H2,1H3. The van der Waals surface area contributed by atoms with Gasteiger partial charge < -0.3 is 19.9 Å². The lowest BCUT2D eigenvalue weighted by Gasteiger charge is -2.13. The molecule has 1 aliphatic rings. The second-order valence-corrected chi connectivity index (χ2v) is 3.74. The Bertz CT molecular complexity index is 454. The van der Waals surface area contributed by atoms with E-state index in [1.165, 1.54) is 0 Å². The summed E-state index contributed by atoms with van der Waals surface area (Å²) in [7, 11) is 0. The van der Waals surface area contributed by atoms with Crippen molar-refractivity contribution in [3.63, 3.8) is 0 Å².